The summed E-state index contributed by atoms with van der Waals surface area (Å²) in [6, 6.07) is 18.7. The number of ether oxygens (including phenoxy) is 1. The predicted molar refractivity (Wildman–Crippen MR) is 113 cm³/mol. The van der Waals surface area contributed by atoms with Crippen molar-refractivity contribution in [3.63, 3.8) is 0 Å². The SMILES string of the molecule is O=C(NCC(O)C(O)c1cccc(C(F)(F)F)n1)OCC1c2ccccc2-c2ccccc21. The van der Waals surface area contributed by atoms with E-state index >= 15 is 0 Å². The van der Waals surface area contributed by atoms with Crippen molar-refractivity contribution in [1.29, 1.82) is 0 Å². The van der Waals surface area contributed by atoms with Crippen LogP contribution in [0.15, 0.2) is 66.7 Å². The number of fused-ring (bicyclic) bond motifs is 3. The van der Waals surface area contributed by atoms with Crippen LogP contribution in [0.25, 0.3) is 11.1 Å². The molecule has 0 saturated heterocycles. The lowest BCUT2D eigenvalue weighted by Gasteiger charge is -2.19. The van der Waals surface area contributed by atoms with E-state index in [-0.39, 0.29) is 18.2 Å². The number of amides is 1. The Balaban J connectivity index is 1.34. The molecule has 3 aromatic rings. The Hall–Kier alpha value is -3.43. The lowest BCUT2D eigenvalue weighted by molar-refractivity contribution is -0.141. The maximum atomic E-state index is 12.8. The molecule has 0 spiro atoms. The van der Waals surface area contributed by atoms with E-state index in [1.807, 2.05) is 48.5 Å². The fourth-order valence-electron chi connectivity index (χ4n) is 3.92. The van der Waals surface area contributed by atoms with Crippen molar-refractivity contribution in [2.75, 3.05) is 13.2 Å². The quantitative estimate of drug-likeness (QED) is 0.519. The van der Waals surface area contributed by atoms with Crippen molar-refractivity contribution in [3.05, 3.63) is 89.2 Å². The van der Waals surface area contributed by atoms with Crippen LogP contribution in [0.5, 0.6) is 0 Å². The Labute approximate surface area is 187 Å². The minimum atomic E-state index is -4.68. The van der Waals surface area contributed by atoms with Gasteiger partial charge in [0.25, 0.3) is 0 Å². The fourth-order valence-corrected chi connectivity index (χ4v) is 3.92. The molecule has 1 heterocycles. The molecule has 1 aliphatic rings. The first-order chi connectivity index (χ1) is 15.8. The van der Waals surface area contributed by atoms with Crippen molar-refractivity contribution < 1.29 is 32.9 Å². The molecule has 172 valence electrons. The third kappa shape index (κ3) is 4.84. The number of nitrogens with one attached hydrogen (secondary N) is 1. The van der Waals surface area contributed by atoms with Gasteiger partial charge in [0.1, 0.15) is 24.5 Å². The third-order valence-electron chi connectivity index (χ3n) is 5.53. The lowest BCUT2D eigenvalue weighted by atomic mass is 9.98. The van der Waals surface area contributed by atoms with E-state index in [4.69, 9.17) is 4.74 Å². The van der Waals surface area contributed by atoms with Gasteiger partial charge in [-0.25, -0.2) is 9.78 Å². The van der Waals surface area contributed by atoms with E-state index in [9.17, 15) is 28.2 Å². The first-order valence-electron chi connectivity index (χ1n) is 10.2. The minimum absolute atomic E-state index is 0.0632. The second kappa shape index (κ2) is 9.21. The Bertz CT molecular complexity index is 1110. The summed E-state index contributed by atoms with van der Waals surface area (Å²) < 4.78 is 43.7. The summed E-state index contributed by atoms with van der Waals surface area (Å²) in [6.07, 6.45) is -8.80. The number of aliphatic hydroxyl groups excluding tert-OH is 2. The van der Waals surface area contributed by atoms with Gasteiger partial charge in [0.15, 0.2) is 0 Å². The summed E-state index contributed by atoms with van der Waals surface area (Å²) in [5.41, 5.74) is 2.70. The molecule has 4 rings (SSSR count). The predicted octanol–water partition coefficient (Wildman–Crippen LogP) is 4.03. The molecule has 3 N–H and O–H groups in total. The molecule has 2 aromatic carbocycles. The van der Waals surface area contributed by atoms with Gasteiger partial charge in [0.2, 0.25) is 0 Å². The lowest BCUT2D eigenvalue weighted by Crippen LogP contribution is -2.36. The van der Waals surface area contributed by atoms with Crippen LogP contribution in [0.2, 0.25) is 0 Å². The number of alkyl halides is 3. The summed E-state index contributed by atoms with van der Waals surface area (Å²) >= 11 is 0. The van der Waals surface area contributed by atoms with Gasteiger partial charge >= 0.3 is 12.3 Å². The molecule has 0 saturated carbocycles. The molecule has 0 aliphatic heterocycles. The standard InChI is InChI=1S/C24H21F3N2O4/c25-24(26,27)21-11-5-10-19(29-21)22(31)20(30)12-28-23(32)33-13-18-16-8-3-1-6-14(16)15-7-2-4-9-17(15)18/h1-11,18,20,22,30-31H,12-13H2,(H,28,32). The largest absolute Gasteiger partial charge is 0.449 e. The van der Waals surface area contributed by atoms with Gasteiger partial charge in [-0.1, -0.05) is 54.6 Å². The Morgan fingerprint density at radius 2 is 1.58 bits per heavy atom. The second-order valence-electron chi connectivity index (χ2n) is 7.66. The zero-order valence-electron chi connectivity index (χ0n) is 17.3. The first-order valence-corrected chi connectivity index (χ1v) is 10.2. The van der Waals surface area contributed by atoms with Crippen LogP contribution >= 0.6 is 0 Å². The highest BCUT2D eigenvalue weighted by Crippen LogP contribution is 2.44. The topological polar surface area (TPSA) is 91.7 Å². The van der Waals surface area contributed by atoms with E-state index in [2.05, 4.69) is 10.3 Å². The smallest absolute Gasteiger partial charge is 0.433 e. The number of rotatable bonds is 6. The number of aromatic nitrogens is 1. The molecule has 33 heavy (non-hydrogen) atoms. The van der Waals surface area contributed by atoms with Crippen molar-refractivity contribution >= 4 is 6.09 Å². The zero-order chi connectivity index (χ0) is 23.6. The molecule has 2 unspecified atom stereocenters. The molecule has 0 bridgehead atoms. The Morgan fingerprint density at radius 3 is 2.18 bits per heavy atom. The van der Waals surface area contributed by atoms with Crippen molar-refractivity contribution in [2.45, 2.75) is 24.3 Å². The molecule has 1 amide bonds. The van der Waals surface area contributed by atoms with Crippen LogP contribution in [0.3, 0.4) is 0 Å². The molecule has 1 aromatic heterocycles. The van der Waals surface area contributed by atoms with E-state index in [1.54, 1.807) is 0 Å². The average Bonchev–Trinajstić information content (AvgIpc) is 3.14. The highest BCUT2D eigenvalue weighted by Gasteiger charge is 2.34. The number of benzene rings is 2. The number of alkyl carbamates (subject to hydrolysis) is 1. The van der Waals surface area contributed by atoms with Gasteiger partial charge in [-0.2, -0.15) is 13.2 Å². The maximum Gasteiger partial charge on any atom is 0.433 e. The van der Waals surface area contributed by atoms with E-state index in [0.29, 0.717) is 0 Å². The molecule has 6 nitrogen and oxygen atoms in total. The van der Waals surface area contributed by atoms with Crippen molar-refractivity contribution in [3.8, 4) is 11.1 Å². The molecule has 0 radical (unpaired) electrons. The van der Waals surface area contributed by atoms with Gasteiger partial charge in [-0.05, 0) is 34.4 Å². The maximum absolute atomic E-state index is 12.8. The number of hydrogen-bond donors (Lipinski definition) is 3. The van der Waals surface area contributed by atoms with Gasteiger partial charge < -0.3 is 20.3 Å². The van der Waals surface area contributed by atoms with Crippen LogP contribution in [-0.2, 0) is 10.9 Å². The summed E-state index contributed by atoms with van der Waals surface area (Å²) in [5.74, 6) is -0.145. The van der Waals surface area contributed by atoms with Crippen LogP contribution in [0.1, 0.15) is 34.5 Å². The summed E-state index contributed by atoms with van der Waals surface area (Å²) in [4.78, 5) is 15.5. The fraction of sp³-hybridized carbons (Fsp3) is 0.250. The average molecular weight is 458 g/mol. The number of carbonyl (C=O) groups is 1. The van der Waals surface area contributed by atoms with Crippen molar-refractivity contribution in [2.24, 2.45) is 0 Å². The monoisotopic (exact) mass is 458 g/mol. The summed E-state index contributed by atoms with van der Waals surface area (Å²) in [5, 5.41) is 22.6. The highest BCUT2D eigenvalue weighted by atomic mass is 19.4. The minimum Gasteiger partial charge on any atom is -0.449 e. The van der Waals surface area contributed by atoms with Gasteiger partial charge in [-0.15, -0.1) is 0 Å². The van der Waals surface area contributed by atoms with Gasteiger partial charge in [-0.3, -0.25) is 0 Å². The molecule has 9 heteroatoms. The summed E-state index contributed by atoms with van der Waals surface area (Å²) in [7, 11) is 0. The van der Waals surface area contributed by atoms with Crippen LogP contribution in [0.4, 0.5) is 18.0 Å². The molecule has 1 aliphatic carbocycles. The van der Waals surface area contributed by atoms with Crippen LogP contribution < -0.4 is 5.32 Å². The third-order valence-corrected chi connectivity index (χ3v) is 5.53. The highest BCUT2D eigenvalue weighted by molar-refractivity contribution is 5.79. The number of nitrogens with zero attached hydrogens (tertiary/aromatic N) is 1. The second-order valence-corrected chi connectivity index (χ2v) is 7.66. The van der Waals surface area contributed by atoms with E-state index in [1.165, 1.54) is 0 Å². The van der Waals surface area contributed by atoms with E-state index < -0.39 is 36.7 Å². The Morgan fingerprint density at radius 1 is 0.970 bits per heavy atom. The first kappa shape index (κ1) is 22.8. The number of halogens is 3. The summed E-state index contributed by atoms with van der Waals surface area (Å²) in [6.45, 7) is -0.372. The number of carbonyl (C=O) groups excluding carboxylic acids is 1. The van der Waals surface area contributed by atoms with Gasteiger partial charge in [0, 0.05) is 12.5 Å². The molecule has 2 atom stereocenters. The molecular weight excluding hydrogens is 437 g/mol. The van der Waals surface area contributed by atoms with Crippen molar-refractivity contribution in [1.82, 2.24) is 10.3 Å². The molecular formula is C24H21F3N2O4. The number of pyridine rings is 1. The Kier molecular flexibility index (Phi) is 6.35. The normalized spacial score (nSPS) is 14.8. The van der Waals surface area contributed by atoms with E-state index in [0.717, 1.165) is 40.5 Å². The van der Waals surface area contributed by atoms with Gasteiger partial charge in [0.05, 0.1) is 5.69 Å². The molecule has 0 fully saturated rings. The zero-order valence-corrected chi connectivity index (χ0v) is 17.3. The number of hydrogen-bond acceptors (Lipinski definition) is 5. The van der Waals surface area contributed by atoms with Crippen LogP contribution in [-0.4, -0.2) is 40.5 Å². The number of aliphatic hydroxyl groups is 2. The van der Waals surface area contributed by atoms with Crippen LogP contribution in [0, 0.1) is 0 Å².